The second kappa shape index (κ2) is 8.18. The first kappa shape index (κ1) is 19.4. The average molecular weight is 395 g/mol. The summed E-state index contributed by atoms with van der Waals surface area (Å²) in [4.78, 5) is 30.4. The van der Waals surface area contributed by atoms with E-state index in [0.29, 0.717) is 48.7 Å². The molecule has 1 saturated heterocycles. The van der Waals surface area contributed by atoms with Gasteiger partial charge in [0, 0.05) is 52.2 Å². The van der Waals surface area contributed by atoms with Crippen LogP contribution in [0.5, 0.6) is 0 Å². The van der Waals surface area contributed by atoms with E-state index < -0.39 is 0 Å². The van der Waals surface area contributed by atoms with Gasteiger partial charge in [-0.25, -0.2) is 0 Å². The van der Waals surface area contributed by atoms with E-state index in [2.05, 4.69) is 10.00 Å². The Morgan fingerprint density at radius 2 is 1.83 bits per heavy atom. The molecule has 3 heterocycles. The van der Waals surface area contributed by atoms with Crippen molar-refractivity contribution in [3.63, 3.8) is 0 Å². The molecule has 1 aromatic rings. The number of aromatic nitrogens is 3. The number of fused-ring (bicyclic) bond motifs is 1. The standard InChI is InChI=1S/C21H25N5O3/c1-23-8-10-25(11-9-23)20(27)17-14-24(12-13-29-2)15-18-19(17)22-26(21(18)28)16-6-4-3-5-7-16/h3-7,14-15H,8-13H2,1-2H3. The second-order valence-electron chi connectivity index (χ2n) is 7.31. The van der Waals surface area contributed by atoms with Crippen molar-refractivity contribution in [2.24, 2.45) is 0 Å². The number of rotatable bonds is 5. The number of pyridine rings is 1. The minimum atomic E-state index is -0.231. The number of amides is 1. The molecule has 0 saturated carbocycles. The number of hydrogen-bond donors (Lipinski definition) is 0. The summed E-state index contributed by atoms with van der Waals surface area (Å²) in [6, 6.07) is 9.26. The molecule has 1 aromatic carbocycles. The minimum Gasteiger partial charge on any atom is -0.383 e. The quantitative estimate of drug-likeness (QED) is 0.649. The Morgan fingerprint density at radius 1 is 1.10 bits per heavy atom. The largest absolute Gasteiger partial charge is 0.383 e. The van der Waals surface area contributed by atoms with Gasteiger partial charge in [-0.2, -0.15) is 9.78 Å². The van der Waals surface area contributed by atoms with Gasteiger partial charge in [-0.05, 0) is 19.2 Å². The zero-order chi connectivity index (χ0) is 20.4. The Hall–Kier alpha value is -2.97. The third-order valence-corrected chi connectivity index (χ3v) is 5.30. The molecule has 1 fully saturated rings. The molecule has 4 rings (SSSR count). The fourth-order valence-corrected chi connectivity index (χ4v) is 3.57. The Bertz CT molecular complexity index is 1020. The summed E-state index contributed by atoms with van der Waals surface area (Å²) < 4.78 is 8.38. The number of para-hydroxylation sites is 1. The summed E-state index contributed by atoms with van der Waals surface area (Å²) in [6.07, 6.45) is 3.54. The molecule has 152 valence electrons. The van der Waals surface area contributed by atoms with E-state index in [4.69, 9.17) is 4.74 Å². The van der Waals surface area contributed by atoms with E-state index in [1.165, 1.54) is 4.68 Å². The van der Waals surface area contributed by atoms with Gasteiger partial charge < -0.3 is 19.1 Å². The molecular weight excluding hydrogens is 370 g/mol. The van der Waals surface area contributed by atoms with Crippen molar-refractivity contribution in [1.82, 2.24) is 24.1 Å². The lowest BCUT2D eigenvalue weighted by atomic mass is 10.1. The third-order valence-electron chi connectivity index (χ3n) is 5.30. The number of carbonyl (C=O) groups is 1. The highest BCUT2D eigenvalue weighted by atomic mass is 16.5. The number of piperazine rings is 1. The summed E-state index contributed by atoms with van der Waals surface area (Å²) >= 11 is 0. The van der Waals surface area contributed by atoms with Crippen LogP contribution in [-0.4, -0.2) is 77.0 Å². The maximum absolute atomic E-state index is 13.3. The molecule has 8 nitrogen and oxygen atoms in total. The van der Waals surface area contributed by atoms with Gasteiger partial charge in [-0.1, -0.05) is 18.2 Å². The van der Waals surface area contributed by atoms with Gasteiger partial charge in [0.25, 0.3) is 11.5 Å². The first-order valence-electron chi connectivity index (χ1n) is 9.73. The molecule has 1 amide bonds. The van der Waals surface area contributed by atoms with Gasteiger partial charge in [0.15, 0.2) is 0 Å². The predicted molar refractivity (Wildman–Crippen MR) is 110 cm³/mol. The smallest absolute Gasteiger partial charge is 0.282 e. The zero-order valence-corrected chi connectivity index (χ0v) is 16.7. The highest BCUT2D eigenvalue weighted by Crippen LogP contribution is 2.24. The summed E-state index contributed by atoms with van der Waals surface area (Å²) in [6.45, 7) is 4.01. The van der Waals surface area contributed by atoms with Gasteiger partial charge in [-0.15, -0.1) is 0 Å². The van der Waals surface area contributed by atoms with Gasteiger partial charge >= 0.3 is 0 Å². The van der Waals surface area contributed by atoms with Crippen LogP contribution in [-0.2, 0) is 11.3 Å². The van der Waals surface area contributed by atoms with E-state index in [1.54, 1.807) is 19.5 Å². The minimum absolute atomic E-state index is 0.0902. The molecule has 3 aliphatic rings. The van der Waals surface area contributed by atoms with Crippen LogP contribution in [0.3, 0.4) is 0 Å². The van der Waals surface area contributed by atoms with Crippen LogP contribution in [0.15, 0.2) is 47.5 Å². The highest BCUT2D eigenvalue weighted by Gasteiger charge is 2.28. The van der Waals surface area contributed by atoms with Gasteiger partial charge in [0.2, 0.25) is 0 Å². The highest BCUT2D eigenvalue weighted by molar-refractivity contribution is 6.00. The lowest BCUT2D eigenvalue weighted by molar-refractivity contribution is 0.0663. The summed E-state index contributed by atoms with van der Waals surface area (Å²) in [5.74, 6) is -0.0902. The second-order valence-corrected chi connectivity index (χ2v) is 7.31. The van der Waals surface area contributed by atoms with Crippen LogP contribution in [0.1, 0.15) is 10.4 Å². The topological polar surface area (TPSA) is 72.6 Å². The Morgan fingerprint density at radius 3 is 2.52 bits per heavy atom. The Labute approximate surface area is 169 Å². The van der Waals surface area contributed by atoms with E-state index in [1.807, 2.05) is 46.8 Å². The molecule has 0 N–H and O–H groups in total. The van der Waals surface area contributed by atoms with Crippen LogP contribution in [0.25, 0.3) is 16.9 Å². The normalized spacial score (nSPS) is 15.2. The number of likely N-dealkylation sites (N-methyl/N-ethyl adjacent to an activating group) is 1. The van der Waals surface area contributed by atoms with Crippen molar-refractivity contribution < 1.29 is 9.53 Å². The number of ether oxygens (including phenoxy) is 1. The number of hydrogen-bond acceptors (Lipinski definition) is 5. The van der Waals surface area contributed by atoms with E-state index in [0.717, 1.165) is 13.1 Å². The van der Waals surface area contributed by atoms with Crippen molar-refractivity contribution in [2.45, 2.75) is 6.54 Å². The Balaban J connectivity index is 1.81. The van der Waals surface area contributed by atoms with Gasteiger partial charge in [0.1, 0.15) is 5.69 Å². The molecule has 0 unspecified atom stereocenters. The molecule has 0 radical (unpaired) electrons. The lowest BCUT2D eigenvalue weighted by Crippen LogP contribution is -2.47. The maximum Gasteiger partial charge on any atom is 0.282 e. The molecule has 0 aliphatic carbocycles. The monoisotopic (exact) mass is 395 g/mol. The van der Waals surface area contributed by atoms with Gasteiger partial charge in [-0.3, -0.25) is 9.59 Å². The van der Waals surface area contributed by atoms with E-state index in [9.17, 15) is 9.59 Å². The van der Waals surface area contributed by atoms with Crippen LogP contribution >= 0.6 is 0 Å². The summed E-state index contributed by atoms with van der Waals surface area (Å²) in [5.41, 5.74) is 1.77. The summed E-state index contributed by atoms with van der Waals surface area (Å²) in [7, 11) is 3.67. The molecule has 0 spiro atoms. The van der Waals surface area contributed by atoms with Gasteiger partial charge in [0.05, 0.1) is 23.4 Å². The fraction of sp³-hybridized carbons (Fsp3) is 0.381. The van der Waals surface area contributed by atoms with Crippen LogP contribution in [0.4, 0.5) is 0 Å². The number of carbonyl (C=O) groups excluding carboxylic acids is 1. The predicted octanol–water partition coefficient (Wildman–Crippen LogP) is 1.17. The van der Waals surface area contributed by atoms with Crippen molar-refractivity contribution in [1.29, 1.82) is 0 Å². The molecular formula is C21H25N5O3. The molecule has 8 heteroatoms. The van der Waals surface area contributed by atoms with E-state index >= 15 is 0 Å². The number of methoxy groups -OCH3 is 1. The first-order chi connectivity index (χ1) is 14.1. The molecule has 29 heavy (non-hydrogen) atoms. The fourth-order valence-electron chi connectivity index (χ4n) is 3.57. The van der Waals surface area contributed by atoms with Crippen LogP contribution < -0.4 is 5.56 Å². The van der Waals surface area contributed by atoms with Crippen molar-refractivity contribution >= 4 is 5.91 Å². The van der Waals surface area contributed by atoms with Crippen LogP contribution in [0, 0.1) is 0 Å². The number of benzene rings is 1. The third kappa shape index (κ3) is 3.81. The number of nitrogens with zero attached hydrogens (tertiary/aromatic N) is 5. The van der Waals surface area contributed by atoms with E-state index in [-0.39, 0.29) is 11.5 Å². The Kier molecular flexibility index (Phi) is 5.46. The molecule has 3 aliphatic heterocycles. The summed E-state index contributed by atoms with van der Waals surface area (Å²) in [5, 5.41) is 4.54. The zero-order valence-electron chi connectivity index (χ0n) is 16.7. The molecule has 0 bridgehead atoms. The molecule has 0 aromatic heterocycles. The first-order valence-corrected chi connectivity index (χ1v) is 9.73. The van der Waals surface area contributed by atoms with Crippen LogP contribution in [0.2, 0.25) is 0 Å². The lowest BCUT2D eigenvalue weighted by Gasteiger charge is -2.32. The molecule has 0 atom stereocenters. The maximum atomic E-state index is 13.3. The van der Waals surface area contributed by atoms with Crippen molar-refractivity contribution in [3.05, 3.63) is 58.6 Å². The average Bonchev–Trinajstić information content (AvgIpc) is 3.09. The SMILES string of the molecule is COCCn1cc(C(=O)N2CCN(C)CC2)c2nn(-c3ccccc3)c(=O)c-2c1. The van der Waals surface area contributed by atoms with Crippen molar-refractivity contribution in [3.8, 4) is 16.9 Å². The van der Waals surface area contributed by atoms with Crippen molar-refractivity contribution in [2.75, 3.05) is 46.9 Å².